The molecule has 5 rings (SSSR count). The fourth-order valence-electron chi connectivity index (χ4n) is 3.46. The third-order valence-corrected chi connectivity index (χ3v) is 10.7. The predicted molar refractivity (Wildman–Crippen MR) is 184 cm³/mol. The third kappa shape index (κ3) is 19.6. The summed E-state index contributed by atoms with van der Waals surface area (Å²) in [4.78, 5) is 3.78. The van der Waals surface area contributed by atoms with Crippen LogP contribution in [0.4, 0.5) is 0 Å². The van der Waals surface area contributed by atoms with Crippen LogP contribution in [-0.4, -0.2) is 4.98 Å². The minimum Gasteiger partial charge on any atom is -0.265 e. The van der Waals surface area contributed by atoms with Gasteiger partial charge in [-0.3, -0.25) is 4.98 Å². The molecule has 5 nitrogen and oxygen atoms in total. The summed E-state index contributed by atoms with van der Waals surface area (Å²) in [5.41, 5.74) is 0. The second kappa shape index (κ2) is 25.3. The summed E-state index contributed by atoms with van der Waals surface area (Å²) in [6.45, 7) is 17.2. The van der Waals surface area contributed by atoms with E-state index in [1.54, 1.807) is 12.4 Å². The van der Waals surface area contributed by atoms with Gasteiger partial charge in [0.1, 0.15) is 0 Å². The Hall–Kier alpha value is -0.769. The Morgan fingerprint density at radius 2 is 0.644 bits per heavy atom. The van der Waals surface area contributed by atoms with Crippen LogP contribution in [0.3, 0.4) is 0 Å². The quantitative estimate of drug-likeness (QED) is 0.117. The summed E-state index contributed by atoms with van der Waals surface area (Å²) in [6, 6.07) is 47.1. The molecule has 5 aromatic rings. The Morgan fingerprint density at radius 3 is 0.778 bits per heavy atom. The summed E-state index contributed by atoms with van der Waals surface area (Å²) in [5.74, 6) is 0. The molecule has 0 aliphatic carbocycles. The van der Waals surface area contributed by atoms with Gasteiger partial charge in [0.15, 0.2) is 0 Å². The topological polar surface area (TPSA) is 105 Å². The van der Waals surface area contributed by atoms with Crippen LogP contribution in [0.5, 0.6) is 0 Å². The van der Waals surface area contributed by atoms with Gasteiger partial charge in [0.05, 0.1) is 0 Å². The largest absolute Gasteiger partial charge is 0.265 e. The number of aromatic nitrogens is 1. The molecule has 1 aromatic heterocycles. The van der Waals surface area contributed by atoms with Gasteiger partial charge < -0.3 is 7.43 Å². The van der Waals surface area contributed by atoms with Gasteiger partial charge in [-0.25, -0.2) is 18.6 Å². The number of benzene rings is 4. The molecule has 251 valence electrons. The van der Waals surface area contributed by atoms with Crippen molar-refractivity contribution in [2.75, 3.05) is 0 Å². The van der Waals surface area contributed by atoms with E-state index in [2.05, 4.69) is 116 Å². The van der Waals surface area contributed by atoms with Crippen LogP contribution in [0.25, 0.3) is 0 Å². The van der Waals surface area contributed by atoms with Gasteiger partial charge >= 0.3 is 36.3 Å². The Kier molecular flexibility index (Phi) is 26.0. The van der Waals surface area contributed by atoms with Crippen molar-refractivity contribution in [2.45, 2.75) is 0 Å². The molecule has 45 heavy (non-hydrogen) atoms. The summed E-state index contributed by atoms with van der Waals surface area (Å²) in [5, 5.41) is 4.99. The van der Waals surface area contributed by atoms with Gasteiger partial charge in [-0.2, -0.15) is 41.2 Å². The van der Waals surface area contributed by atoms with Crippen LogP contribution in [0.1, 0.15) is 0 Å². The van der Waals surface area contributed by atoms with E-state index < -0.39 is 24.8 Å². The van der Waals surface area contributed by atoms with E-state index in [4.69, 9.17) is 18.6 Å². The molecule has 11 heteroatoms. The van der Waals surface area contributed by atoms with Gasteiger partial charge in [0.25, 0.3) is 0 Å². The molecule has 0 spiro atoms. The van der Waals surface area contributed by atoms with Crippen molar-refractivity contribution < 1.29 is 68.5 Å². The zero-order chi connectivity index (χ0) is 32.2. The molecular formula is C34H36Au2ClINO4P2-4. The predicted octanol–water partition coefficient (Wildman–Crippen LogP) is 4.13. The van der Waals surface area contributed by atoms with Crippen molar-refractivity contribution in [1.29, 1.82) is 0 Å². The minimum atomic E-state index is -4.94. The fourth-order valence-corrected chi connectivity index (χ4v) is 7.03. The SMILES string of the molecule is [Au].[CH2-][P+]([CH2-])(c1ccccc1)c1ccccc1.[CH2-][P+]([CH2-])(c1ccccc1)c1ccccc1.[CH3-].[I][Au].[O-][Cl+3]([O-])([O-])[O-].c1ccncc1. The maximum absolute atomic E-state index is 8.49. The number of pyridine rings is 1. The first kappa shape index (κ1) is 46.4. The first-order valence-corrected chi connectivity index (χ1v) is 24.1. The molecule has 0 bridgehead atoms. The van der Waals surface area contributed by atoms with Gasteiger partial charge in [-0.15, -0.1) is 10.2 Å². The van der Waals surface area contributed by atoms with Crippen molar-refractivity contribution in [2.24, 2.45) is 0 Å². The maximum atomic E-state index is 8.49. The molecule has 1 heterocycles. The Bertz CT molecular complexity index is 1170. The third-order valence-electron chi connectivity index (χ3n) is 5.57. The first-order chi connectivity index (χ1) is 20.4. The molecule has 0 aliphatic rings. The van der Waals surface area contributed by atoms with Gasteiger partial charge in [-0.05, 0) is 60.7 Å². The average Bonchev–Trinajstić information content (AvgIpc) is 3.04. The first-order valence-electron chi connectivity index (χ1n) is 12.4. The van der Waals surface area contributed by atoms with Gasteiger partial charge in [0, 0.05) is 56.0 Å². The molecule has 0 aliphatic heterocycles. The average molecular weight is 1140 g/mol. The second-order valence-electron chi connectivity index (χ2n) is 8.68. The Balaban J connectivity index is 0. The van der Waals surface area contributed by atoms with Crippen LogP contribution in [0.15, 0.2) is 152 Å². The van der Waals surface area contributed by atoms with E-state index in [-0.39, 0.29) is 29.8 Å². The van der Waals surface area contributed by atoms with Crippen LogP contribution in [0, 0.1) is 44.3 Å². The van der Waals surface area contributed by atoms with E-state index in [1.165, 1.54) is 21.2 Å². The van der Waals surface area contributed by atoms with Crippen LogP contribution in [0.2, 0.25) is 0 Å². The van der Waals surface area contributed by atoms with Gasteiger partial charge in [-0.1, -0.05) is 78.9 Å². The number of nitrogens with zero attached hydrogens (tertiary/aromatic N) is 1. The molecule has 0 saturated carbocycles. The van der Waals surface area contributed by atoms with E-state index in [0.29, 0.717) is 0 Å². The molecule has 0 unspecified atom stereocenters. The summed E-state index contributed by atoms with van der Waals surface area (Å²) in [6.07, 6.45) is 3.50. The van der Waals surface area contributed by atoms with Crippen molar-refractivity contribution in [3.05, 3.63) is 186 Å². The monoisotopic (exact) mass is 1140 g/mol. The number of halogens is 2. The molecule has 0 saturated heterocycles. The summed E-state index contributed by atoms with van der Waals surface area (Å²) < 4.78 is 34.0. The smallest absolute Gasteiger partial charge is 0.0267 e. The molecule has 0 atom stereocenters. The van der Waals surface area contributed by atoms with Crippen LogP contribution < -0.4 is 39.9 Å². The molecular weight excluding hydrogens is 1100 g/mol. The zero-order valence-corrected chi connectivity index (χ0v) is 33.6. The zero-order valence-electron chi connectivity index (χ0n) is 24.6. The molecule has 1 radical (unpaired) electrons. The minimum absolute atomic E-state index is 0. The number of hydrogen-bond acceptors (Lipinski definition) is 5. The van der Waals surface area contributed by atoms with E-state index in [1.807, 2.05) is 91.0 Å². The Morgan fingerprint density at radius 1 is 0.467 bits per heavy atom. The number of hydrogen-bond donors (Lipinski definition) is 0. The van der Waals surface area contributed by atoms with Crippen LogP contribution in [-0.2, 0) is 39.6 Å². The Labute approximate surface area is 311 Å². The normalized spacial score (nSPS) is 10.1. The number of rotatable bonds is 4. The van der Waals surface area contributed by atoms with E-state index >= 15 is 0 Å². The van der Waals surface area contributed by atoms with Crippen molar-refractivity contribution in [1.82, 2.24) is 4.98 Å². The van der Waals surface area contributed by atoms with E-state index in [0.717, 1.165) is 0 Å². The van der Waals surface area contributed by atoms with E-state index in [9.17, 15) is 0 Å². The second-order valence-corrected chi connectivity index (χ2v) is 15.4. The van der Waals surface area contributed by atoms with Crippen LogP contribution >= 0.6 is 33.5 Å². The van der Waals surface area contributed by atoms with Crippen molar-refractivity contribution in [3.63, 3.8) is 0 Å². The van der Waals surface area contributed by atoms with Gasteiger partial charge in [0.2, 0.25) is 0 Å². The van der Waals surface area contributed by atoms with Crippen molar-refractivity contribution in [3.8, 4) is 0 Å². The molecule has 0 N–H and O–H groups in total. The van der Waals surface area contributed by atoms with Crippen molar-refractivity contribution >= 4 is 54.8 Å². The summed E-state index contributed by atoms with van der Waals surface area (Å²) in [7, 11) is -8.24. The molecule has 0 fully saturated rings. The molecule has 4 aromatic carbocycles. The standard InChI is InChI=1S/2C14H14P.C5H5N.CH3.2Au.ClHO4.HI/c2*1-15(2,13-9-5-3-6-10-13)14-11-7-4-8-12-14;1-2-4-6-5-3-1;;;;2-1(3,4)5;/h2*3-12H,1-2H2;1-5H;1H3;;;(H,2,3,4,5);1H/q2*-1;;-1;;+1;;/p-2. The molecule has 0 amide bonds. The summed E-state index contributed by atoms with van der Waals surface area (Å²) >= 11 is 4.34. The maximum Gasteiger partial charge on any atom is 0.0267 e. The fraction of sp³-hybridized carbons (Fsp3) is 0.